The van der Waals surface area contributed by atoms with Gasteiger partial charge in [-0.2, -0.15) is 5.10 Å². The van der Waals surface area contributed by atoms with E-state index < -0.39 is 0 Å². The molecule has 9 heteroatoms. The zero-order valence-electron chi connectivity index (χ0n) is 21.7. The van der Waals surface area contributed by atoms with Gasteiger partial charge in [-0.15, -0.1) is 0 Å². The van der Waals surface area contributed by atoms with Crippen molar-refractivity contribution in [2.24, 2.45) is 0 Å². The molecule has 0 atom stereocenters. The molecular formula is C31H26N6O3. The number of fused-ring (bicyclic) bond motifs is 3. The second-order valence-electron chi connectivity index (χ2n) is 10.3. The Morgan fingerprint density at radius 2 is 1.73 bits per heavy atom. The number of hydrogen-bond acceptors (Lipinski definition) is 7. The Morgan fingerprint density at radius 1 is 0.800 bits per heavy atom. The Balaban J connectivity index is 1.16. The third-order valence-electron chi connectivity index (χ3n) is 7.69. The number of nitrogens with zero attached hydrogens (tertiary/aromatic N) is 4. The van der Waals surface area contributed by atoms with E-state index in [1.54, 1.807) is 6.20 Å². The standard InChI is InChI=1S/C31H26N6O3/c1-2-5-20(6-3-1)40-21-13-19(15-32-16-21)23-10-11-25-29(33-23)30(37-36-25)31-34-24-8-4-7-22(28(24)35-31)18-9-12-26-27(14-18)39-17-38-26/h4,7-16,20H,1-3,5-6,17H2,(H,34,35)(H,36,37). The zero-order chi connectivity index (χ0) is 26.5. The minimum atomic E-state index is 0.241. The molecule has 0 saturated heterocycles. The van der Waals surface area contributed by atoms with Crippen LogP contribution >= 0.6 is 0 Å². The number of aromatic nitrogens is 6. The summed E-state index contributed by atoms with van der Waals surface area (Å²) >= 11 is 0. The van der Waals surface area contributed by atoms with Crippen LogP contribution < -0.4 is 14.2 Å². The first-order valence-corrected chi connectivity index (χ1v) is 13.6. The lowest BCUT2D eigenvalue weighted by Gasteiger charge is -2.22. The van der Waals surface area contributed by atoms with Crippen molar-refractivity contribution >= 4 is 22.1 Å². The van der Waals surface area contributed by atoms with Crippen molar-refractivity contribution in [3.8, 4) is 51.2 Å². The number of nitrogens with one attached hydrogen (secondary N) is 2. The van der Waals surface area contributed by atoms with Crippen LogP contribution in [-0.4, -0.2) is 43.0 Å². The Morgan fingerprint density at radius 3 is 2.67 bits per heavy atom. The van der Waals surface area contributed by atoms with E-state index in [1.807, 2.05) is 54.7 Å². The summed E-state index contributed by atoms with van der Waals surface area (Å²) in [5.74, 6) is 2.92. The van der Waals surface area contributed by atoms with E-state index in [0.717, 1.165) is 74.5 Å². The van der Waals surface area contributed by atoms with Crippen molar-refractivity contribution in [2.45, 2.75) is 38.2 Å². The average Bonchev–Trinajstić information content (AvgIpc) is 3.75. The van der Waals surface area contributed by atoms with Gasteiger partial charge >= 0.3 is 0 Å². The molecule has 1 saturated carbocycles. The molecular weight excluding hydrogens is 504 g/mol. The summed E-state index contributed by atoms with van der Waals surface area (Å²) in [4.78, 5) is 17.8. The van der Waals surface area contributed by atoms with Gasteiger partial charge in [0.25, 0.3) is 0 Å². The van der Waals surface area contributed by atoms with Crippen LogP contribution in [0, 0.1) is 0 Å². The van der Waals surface area contributed by atoms with E-state index in [4.69, 9.17) is 24.2 Å². The monoisotopic (exact) mass is 530 g/mol. The Hall–Kier alpha value is -4.92. The molecule has 6 aromatic rings. The summed E-state index contributed by atoms with van der Waals surface area (Å²) < 4.78 is 17.3. The van der Waals surface area contributed by atoms with Crippen molar-refractivity contribution in [3.05, 3.63) is 67.0 Å². The molecule has 1 aliphatic heterocycles. The SMILES string of the molecule is c1cc(-c2ccc3c(c2)OCO3)c2nc(-c3n[nH]c4ccc(-c5cncc(OC6CCCCC6)c5)nc34)[nH]c2c1. The fourth-order valence-electron chi connectivity index (χ4n) is 5.66. The van der Waals surface area contributed by atoms with E-state index in [-0.39, 0.29) is 12.9 Å². The number of ether oxygens (including phenoxy) is 3. The Labute approximate surface area is 229 Å². The highest BCUT2D eigenvalue weighted by Crippen LogP contribution is 2.38. The highest BCUT2D eigenvalue weighted by molar-refractivity contribution is 5.96. The third-order valence-corrected chi connectivity index (χ3v) is 7.69. The third kappa shape index (κ3) is 4.02. The molecule has 8 rings (SSSR count). The largest absolute Gasteiger partial charge is 0.489 e. The first kappa shape index (κ1) is 23.0. The molecule has 1 fully saturated rings. The van der Waals surface area contributed by atoms with Crippen LogP contribution in [0.5, 0.6) is 17.2 Å². The lowest BCUT2D eigenvalue weighted by Crippen LogP contribution is -2.19. The van der Waals surface area contributed by atoms with Crippen molar-refractivity contribution in [2.75, 3.05) is 6.79 Å². The smallest absolute Gasteiger partial charge is 0.231 e. The minimum Gasteiger partial charge on any atom is -0.489 e. The zero-order valence-corrected chi connectivity index (χ0v) is 21.7. The molecule has 0 amide bonds. The molecule has 0 unspecified atom stereocenters. The molecule has 4 aromatic heterocycles. The van der Waals surface area contributed by atoms with E-state index >= 15 is 0 Å². The highest BCUT2D eigenvalue weighted by Gasteiger charge is 2.20. The number of benzene rings is 2. The highest BCUT2D eigenvalue weighted by atomic mass is 16.7. The lowest BCUT2D eigenvalue weighted by atomic mass is 9.98. The maximum absolute atomic E-state index is 6.25. The fraction of sp³-hybridized carbons (Fsp3) is 0.226. The van der Waals surface area contributed by atoms with Crippen LogP contribution in [-0.2, 0) is 0 Å². The fourth-order valence-corrected chi connectivity index (χ4v) is 5.66. The first-order chi connectivity index (χ1) is 19.8. The average molecular weight is 531 g/mol. The van der Waals surface area contributed by atoms with Gasteiger partial charge in [-0.25, -0.2) is 9.97 Å². The second-order valence-corrected chi connectivity index (χ2v) is 10.3. The quantitative estimate of drug-likeness (QED) is 0.256. The first-order valence-electron chi connectivity index (χ1n) is 13.6. The number of para-hydroxylation sites is 1. The molecule has 2 N–H and O–H groups in total. The van der Waals surface area contributed by atoms with E-state index in [1.165, 1.54) is 19.3 Å². The van der Waals surface area contributed by atoms with Crippen molar-refractivity contribution in [3.63, 3.8) is 0 Å². The van der Waals surface area contributed by atoms with Gasteiger partial charge in [0.1, 0.15) is 11.3 Å². The number of pyridine rings is 2. The maximum atomic E-state index is 6.25. The molecule has 5 heterocycles. The lowest BCUT2D eigenvalue weighted by molar-refractivity contribution is 0.154. The van der Waals surface area contributed by atoms with Gasteiger partial charge in [-0.05, 0) is 67.6 Å². The van der Waals surface area contributed by atoms with Crippen LogP contribution in [0.1, 0.15) is 32.1 Å². The minimum absolute atomic E-state index is 0.241. The molecule has 2 aliphatic rings. The normalized spacial score (nSPS) is 15.2. The number of H-pyrrole nitrogens is 2. The van der Waals surface area contributed by atoms with Crippen LogP contribution in [0.2, 0.25) is 0 Å². The van der Waals surface area contributed by atoms with Crippen LogP contribution in [0.15, 0.2) is 67.0 Å². The van der Waals surface area contributed by atoms with Gasteiger partial charge in [-0.3, -0.25) is 10.1 Å². The van der Waals surface area contributed by atoms with Crippen molar-refractivity contribution in [1.82, 2.24) is 30.1 Å². The number of imidazole rings is 1. The maximum Gasteiger partial charge on any atom is 0.231 e. The van der Waals surface area contributed by atoms with E-state index in [0.29, 0.717) is 11.5 Å². The van der Waals surface area contributed by atoms with Crippen LogP contribution in [0.3, 0.4) is 0 Å². The summed E-state index contributed by atoms with van der Waals surface area (Å²) in [6, 6.07) is 18.0. The predicted molar refractivity (Wildman–Crippen MR) is 151 cm³/mol. The predicted octanol–water partition coefficient (Wildman–Crippen LogP) is 6.67. The Kier molecular flexibility index (Phi) is 5.39. The summed E-state index contributed by atoms with van der Waals surface area (Å²) in [6.45, 7) is 0.241. The summed E-state index contributed by atoms with van der Waals surface area (Å²) in [5, 5.41) is 7.69. The molecule has 0 radical (unpaired) electrons. The van der Waals surface area contributed by atoms with Gasteiger partial charge < -0.3 is 19.2 Å². The summed E-state index contributed by atoms with van der Waals surface area (Å²) in [6.07, 6.45) is 9.80. The van der Waals surface area contributed by atoms with Crippen LogP contribution in [0.25, 0.3) is 56.0 Å². The van der Waals surface area contributed by atoms with Crippen LogP contribution in [0.4, 0.5) is 0 Å². The summed E-state index contributed by atoms with van der Waals surface area (Å²) in [7, 11) is 0. The van der Waals surface area contributed by atoms with Gasteiger partial charge in [0.05, 0.1) is 34.5 Å². The summed E-state index contributed by atoms with van der Waals surface area (Å²) in [5.41, 5.74) is 7.68. The van der Waals surface area contributed by atoms with E-state index in [2.05, 4.69) is 26.2 Å². The van der Waals surface area contributed by atoms with Crippen molar-refractivity contribution in [1.29, 1.82) is 0 Å². The van der Waals surface area contributed by atoms with Gasteiger partial charge in [-0.1, -0.05) is 24.6 Å². The molecule has 0 spiro atoms. The van der Waals surface area contributed by atoms with E-state index in [9.17, 15) is 0 Å². The number of rotatable bonds is 5. The number of hydrogen-bond donors (Lipinski definition) is 2. The molecule has 0 bridgehead atoms. The number of aromatic amines is 2. The molecule has 198 valence electrons. The molecule has 40 heavy (non-hydrogen) atoms. The molecule has 9 nitrogen and oxygen atoms in total. The topological polar surface area (TPSA) is 111 Å². The van der Waals surface area contributed by atoms with Crippen molar-refractivity contribution < 1.29 is 14.2 Å². The molecule has 2 aromatic carbocycles. The van der Waals surface area contributed by atoms with Gasteiger partial charge in [0.2, 0.25) is 6.79 Å². The second kappa shape index (κ2) is 9.37. The Bertz CT molecular complexity index is 1870. The van der Waals surface area contributed by atoms with Gasteiger partial charge in [0, 0.05) is 17.3 Å². The van der Waals surface area contributed by atoms with Gasteiger partial charge in [0.15, 0.2) is 23.0 Å². The molecule has 1 aliphatic carbocycles.